The van der Waals surface area contributed by atoms with Crippen LogP contribution in [0.15, 0.2) is 47.4 Å². The van der Waals surface area contributed by atoms with E-state index in [4.69, 9.17) is 27.9 Å². The van der Waals surface area contributed by atoms with E-state index in [1.807, 2.05) is 0 Å². The molecule has 0 heterocycles. The Morgan fingerprint density at radius 3 is 2.25 bits per heavy atom. The zero-order valence-electron chi connectivity index (χ0n) is 14.2. The lowest BCUT2D eigenvalue weighted by molar-refractivity contribution is -0.123. The number of nitrogens with one attached hydrogen (secondary N) is 1. The van der Waals surface area contributed by atoms with Crippen molar-refractivity contribution in [2.45, 2.75) is 23.7 Å². The van der Waals surface area contributed by atoms with E-state index in [-0.39, 0.29) is 21.3 Å². The second-order valence-corrected chi connectivity index (χ2v) is 8.17. The van der Waals surface area contributed by atoms with Crippen molar-refractivity contribution >= 4 is 50.6 Å². The topological polar surface area (TPSA) is 89.5 Å². The average Bonchev–Trinajstić information content (AvgIpc) is 2.65. The molecule has 0 spiro atoms. The fraction of sp³-hybridized carbons (Fsp3) is 0.176. The summed E-state index contributed by atoms with van der Waals surface area (Å²) in [4.78, 5) is 23.6. The molecule has 0 bridgehead atoms. The summed E-state index contributed by atoms with van der Waals surface area (Å²) in [5.41, 5.74) is 0.109. The van der Waals surface area contributed by atoms with Crippen LogP contribution in [0.25, 0.3) is 0 Å². The maximum Gasteiger partial charge on any atom is 0.341 e. The summed E-state index contributed by atoms with van der Waals surface area (Å²) >= 11 is 11.8. The van der Waals surface area contributed by atoms with Crippen LogP contribution >= 0.6 is 23.2 Å². The van der Waals surface area contributed by atoms with Crippen LogP contribution in [-0.2, 0) is 19.4 Å². The van der Waals surface area contributed by atoms with Gasteiger partial charge in [-0.05, 0) is 43.3 Å². The molecule has 150 valence electrons. The summed E-state index contributed by atoms with van der Waals surface area (Å²) in [6.45, 7) is 1.31. The Hall–Kier alpha value is -2.23. The van der Waals surface area contributed by atoms with Crippen LogP contribution in [0.2, 0.25) is 10.0 Å². The summed E-state index contributed by atoms with van der Waals surface area (Å²) in [7, 11) is -4.77. The molecule has 6 nitrogen and oxygen atoms in total. The molecule has 0 saturated carbocycles. The van der Waals surface area contributed by atoms with E-state index in [0.29, 0.717) is 0 Å². The highest BCUT2D eigenvalue weighted by molar-refractivity contribution is 7.91. The van der Waals surface area contributed by atoms with Gasteiger partial charge in [0.1, 0.15) is 0 Å². The lowest BCUT2D eigenvalue weighted by atomic mass is 10.2. The number of carbonyl (C=O) groups is 2. The molecular formula is C17H13Cl2F2NO5S. The van der Waals surface area contributed by atoms with Gasteiger partial charge in [0, 0.05) is 0 Å². The summed E-state index contributed by atoms with van der Waals surface area (Å²) in [5, 5.41) is 2.80. The third-order valence-electron chi connectivity index (χ3n) is 3.52. The number of halogens is 4. The molecule has 2 rings (SSSR count). The Kier molecular flexibility index (Phi) is 6.97. The van der Waals surface area contributed by atoms with Crippen LogP contribution in [0.4, 0.5) is 14.5 Å². The average molecular weight is 452 g/mol. The first-order valence-corrected chi connectivity index (χ1v) is 9.92. The lowest BCUT2D eigenvalue weighted by Gasteiger charge is -2.14. The second-order valence-electron chi connectivity index (χ2n) is 5.47. The number of ether oxygens (including phenoxy) is 1. The van der Waals surface area contributed by atoms with Gasteiger partial charge >= 0.3 is 11.7 Å². The van der Waals surface area contributed by atoms with Crippen molar-refractivity contribution in [1.29, 1.82) is 0 Å². The quantitative estimate of drug-likeness (QED) is 0.665. The Morgan fingerprint density at radius 2 is 1.68 bits per heavy atom. The predicted molar refractivity (Wildman–Crippen MR) is 99.6 cm³/mol. The van der Waals surface area contributed by atoms with Crippen molar-refractivity contribution < 1.29 is 31.5 Å². The number of hydrogen-bond acceptors (Lipinski definition) is 5. The predicted octanol–water partition coefficient (Wildman–Crippen LogP) is 4.17. The van der Waals surface area contributed by atoms with Gasteiger partial charge in [0.2, 0.25) is 9.84 Å². The van der Waals surface area contributed by atoms with Crippen molar-refractivity contribution in [1.82, 2.24) is 0 Å². The minimum atomic E-state index is -4.77. The summed E-state index contributed by atoms with van der Waals surface area (Å²) in [5.74, 6) is -5.21. The Labute approximate surface area is 169 Å². The van der Waals surface area contributed by atoms with E-state index in [9.17, 15) is 26.8 Å². The zero-order chi connectivity index (χ0) is 21.1. The lowest BCUT2D eigenvalue weighted by Crippen LogP contribution is -2.30. The number of hydrogen-bond donors (Lipinski definition) is 1. The van der Waals surface area contributed by atoms with Crippen LogP contribution in [0.5, 0.6) is 0 Å². The maximum absolute atomic E-state index is 12.5. The smallest absolute Gasteiger partial charge is 0.341 e. The molecule has 0 radical (unpaired) electrons. The SMILES string of the molecule is CC(OC(=O)c1ccc(S(=O)(=O)C(F)F)cc1)C(=O)Nc1cccc(Cl)c1Cl. The monoisotopic (exact) mass is 451 g/mol. The normalized spacial score (nSPS) is 12.5. The van der Waals surface area contributed by atoms with Crippen molar-refractivity contribution in [2.75, 3.05) is 5.32 Å². The summed E-state index contributed by atoms with van der Waals surface area (Å²) < 4.78 is 52.7. The number of esters is 1. The van der Waals surface area contributed by atoms with E-state index in [0.717, 1.165) is 24.3 Å². The van der Waals surface area contributed by atoms with Crippen LogP contribution in [-0.4, -0.2) is 32.2 Å². The summed E-state index contributed by atoms with van der Waals surface area (Å²) in [6, 6.07) is 8.33. The molecule has 0 aliphatic heterocycles. The molecule has 0 aromatic heterocycles. The minimum Gasteiger partial charge on any atom is -0.449 e. The Morgan fingerprint density at radius 1 is 1.07 bits per heavy atom. The van der Waals surface area contributed by atoms with Gasteiger partial charge in [0.25, 0.3) is 5.91 Å². The number of benzene rings is 2. The Balaban J connectivity index is 2.05. The zero-order valence-corrected chi connectivity index (χ0v) is 16.5. The molecule has 2 aromatic rings. The number of alkyl halides is 2. The van der Waals surface area contributed by atoms with E-state index in [1.165, 1.54) is 19.1 Å². The van der Waals surface area contributed by atoms with Crippen molar-refractivity contribution in [3.05, 3.63) is 58.1 Å². The Bertz CT molecular complexity index is 997. The number of rotatable bonds is 6. The number of amides is 1. The molecule has 1 N–H and O–H groups in total. The summed E-state index contributed by atoms with van der Waals surface area (Å²) in [6.07, 6.45) is -1.23. The second kappa shape index (κ2) is 8.85. The van der Waals surface area contributed by atoms with Crippen LogP contribution in [0, 0.1) is 0 Å². The first-order valence-electron chi connectivity index (χ1n) is 7.62. The van der Waals surface area contributed by atoms with Gasteiger partial charge in [-0.1, -0.05) is 29.3 Å². The highest BCUT2D eigenvalue weighted by Crippen LogP contribution is 2.29. The molecule has 2 aromatic carbocycles. The van der Waals surface area contributed by atoms with Gasteiger partial charge in [0.05, 0.1) is 26.2 Å². The fourth-order valence-electron chi connectivity index (χ4n) is 2.00. The molecule has 0 saturated heterocycles. The van der Waals surface area contributed by atoms with Crippen molar-refractivity contribution in [3.63, 3.8) is 0 Å². The number of anilines is 1. The van der Waals surface area contributed by atoms with Gasteiger partial charge in [-0.3, -0.25) is 4.79 Å². The third-order valence-corrected chi connectivity index (χ3v) is 5.73. The molecule has 1 amide bonds. The van der Waals surface area contributed by atoms with E-state index < -0.39 is 38.5 Å². The molecule has 11 heteroatoms. The number of carbonyl (C=O) groups excluding carboxylic acids is 2. The molecular weight excluding hydrogens is 439 g/mol. The van der Waals surface area contributed by atoms with Gasteiger partial charge in [-0.2, -0.15) is 8.78 Å². The highest BCUT2D eigenvalue weighted by Gasteiger charge is 2.27. The molecule has 0 aliphatic rings. The largest absolute Gasteiger partial charge is 0.449 e. The number of sulfone groups is 1. The molecule has 0 fully saturated rings. The van der Waals surface area contributed by atoms with Gasteiger partial charge in [0.15, 0.2) is 6.10 Å². The van der Waals surface area contributed by atoms with E-state index in [2.05, 4.69) is 5.32 Å². The third kappa shape index (κ3) is 4.98. The minimum absolute atomic E-state index is 0.117. The fourth-order valence-corrected chi connectivity index (χ4v) is 3.07. The van der Waals surface area contributed by atoms with E-state index in [1.54, 1.807) is 6.07 Å². The van der Waals surface area contributed by atoms with Crippen LogP contribution in [0.3, 0.4) is 0 Å². The standard InChI is InChI=1S/C17H13Cl2F2NO5S/c1-9(15(23)22-13-4-2-3-12(18)14(13)19)27-16(24)10-5-7-11(8-6-10)28(25,26)17(20)21/h2-9,17H,1H3,(H,22,23). The first kappa shape index (κ1) is 22.1. The van der Waals surface area contributed by atoms with E-state index >= 15 is 0 Å². The first-order chi connectivity index (χ1) is 13.0. The molecule has 1 unspecified atom stereocenters. The molecule has 0 aliphatic carbocycles. The van der Waals surface area contributed by atoms with Gasteiger partial charge in [-0.25, -0.2) is 13.2 Å². The van der Waals surface area contributed by atoms with Crippen LogP contribution < -0.4 is 5.32 Å². The molecule has 1 atom stereocenters. The van der Waals surface area contributed by atoms with Crippen molar-refractivity contribution in [3.8, 4) is 0 Å². The van der Waals surface area contributed by atoms with Gasteiger partial charge in [-0.15, -0.1) is 0 Å². The molecule has 28 heavy (non-hydrogen) atoms. The van der Waals surface area contributed by atoms with Gasteiger partial charge < -0.3 is 10.1 Å². The van der Waals surface area contributed by atoms with Crippen molar-refractivity contribution in [2.24, 2.45) is 0 Å². The maximum atomic E-state index is 12.5. The highest BCUT2D eigenvalue weighted by atomic mass is 35.5. The van der Waals surface area contributed by atoms with Crippen LogP contribution in [0.1, 0.15) is 17.3 Å².